The summed E-state index contributed by atoms with van der Waals surface area (Å²) in [5.74, 6) is -1.33. The van der Waals surface area contributed by atoms with E-state index in [4.69, 9.17) is 5.11 Å². The summed E-state index contributed by atoms with van der Waals surface area (Å²) in [4.78, 5) is 25.7. The van der Waals surface area contributed by atoms with Crippen molar-refractivity contribution in [2.45, 2.75) is 19.8 Å². The predicted molar refractivity (Wildman–Crippen MR) is 75.0 cm³/mol. The van der Waals surface area contributed by atoms with Gasteiger partial charge in [-0.1, -0.05) is 0 Å². The van der Waals surface area contributed by atoms with E-state index < -0.39 is 11.9 Å². The molecule has 0 aliphatic carbocycles. The molecule has 1 aromatic rings. The second-order valence-electron chi connectivity index (χ2n) is 4.76. The molecule has 1 saturated heterocycles. The van der Waals surface area contributed by atoms with Gasteiger partial charge in [-0.25, -0.2) is 0 Å². The number of aliphatic carboxylic acids is 1. The second-order valence-corrected chi connectivity index (χ2v) is 5.71. The van der Waals surface area contributed by atoms with Crippen molar-refractivity contribution in [1.82, 2.24) is 4.90 Å². The number of piperidine rings is 1. The predicted octanol–water partition coefficient (Wildman–Crippen LogP) is 2.39. The van der Waals surface area contributed by atoms with Gasteiger partial charge in [-0.15, -0.1) is 11.3 Å². The van der Waals surface area contributed by atoms with Crippen LogP contribution in [0.15, 0.2) is 17.5 Å². The molecule has 102 valence electrons. The van der Waals surface area contributed by atoms with Crippen molar-refractivity contribution in [1.29, 1.82) is 0 Å². The van der Waals surface area contributed by atoms with Crippen molar-refractivity contribution in [3.63, 3.8) is 0 Å². The first-order valence-electron chi connectivity index (χ1n) is 6.32. The number of thiophene rings is 1. The van der Waals surface area contributed by atoms with Crippen LogP contribution >= 0.6 is 11.3 Å². The summed E-state index contributed by atoms with van der Waals surface area (Å²) in [6.07, 6.45) is 4.78. The Morgan fingerprint density at radius 3 is 2.95 bits per heavy atom. The van der Waals surface area contributed by atoms with Gasteiger partial charge in [0.15, 0.2) is 0 Å². The SMILES string of the molecule is Cc1ccsc1/C=C/C(=O)N1CCC[C@H](C(=O)O)C1. The summed E-state index contributed by atoms with van der Waals surface area (Å²) in [5, 5.41) is 11.0. The first kappa shape index (κ1) is 13.8. The Morgan fingerprint density at radius 1 is 1.53 bits per heavy atom. The maximum Gasteiger partial charge on any atom is 0.308 e. The van der Waals surface area contributed by atoms with E-state index in [1.807, 2.05) is 24.4 Å². The third-order valence-corrected chi connectivity index (χ3v) is 4.35. The van der Waals surface area contributed by atoms with Crippen LogP contribution in [0.25, 0.3) is 6.08 Å². The molecule has 0 saturated carbocycles. The van der Waals surface area contributed by atoms with Gasteiger partial charge in [0, 0.05) is 24.0 Å². The number of rotatable bonds is 3. The summed E-state index contributed by atoms with van der Waals surface area (Å²) in [5.41, 5.74) is 1.15. The molecule has 1 fully saturated rings. The van der Waals surface area contributed by atoms with Gasteiger partial charge in [0.25, 0.3) is 0 Å². The molecule has 1 aliphatic heterocycles. The van der Waals surface area contributed by atoms with Crippen molar-refractivity contribution >= 4 is 29.3 Å². The summed E-state index contributed by atoms with van der Waals surface area (Å²) < 4.78 is 0. The van der Waals surface area contributed by atoms with Crippen LogP contribution < -0.4 is 0 Å². The van der Waals surface area contributed by atoms with E-state index in [1.54, 1.807) is 22.3 Å². The molecule has 1 atom stereocenters. The van der Waals surface area contributed by atoms with Gasteiger partial charge in [-0.2, -0.15) is 0 Å². The van der Waals surface area contributed by atoms with Gasteiger partial charge in [0.2, 0.25) is 5.91 Å². The van der Waals surface area contributed by atoms with Crippen molar-refractivity contribution in [2.24, 2.45) is 5.92 Å². The molecule has 0 spiro atoms. The zero-order valence-electron chi connectivity index (χ0n) is 10.8. The van der Waals surface area contributed by atoms with Gasteiger partial charge in [-0.05, 0) is 42.9 Å². The number of likely N-dealkylation sites (tertiary alicyclic amines) is 1. The Hall–Kier alpha value is -1.62. The van der Waals surface area contributed by atoms with E-state index >= 15 is 0 Å². The lowest BCUT2D eigenvalue weighted by atomic mass is 9.98. The largest absolute Gasteiger partial charge is 0.481 e. The fourth-order valence-electron chi connectivity index (χ4n) is 2.19. The molecular weight excluding hydrogens is 262 g/mol. The quantitative estimate of drug-likeness (QED) is 0.864. The molecule has 2 heterocycles. The Bertz CT molecular complexity index is 507. The van der Waals surface area contributed by atoms with Crippen molar-refractivity contribution in [3.8, 4) is 0 Å². The number of carboxylic acids is 1. The Kier molecular flexibility index (Phi) is 4.37. The van der Waals surface area contributed by atoms with Crippen LogP contribution in [-0.4, -0.2) is 35.0 Å². The molecule has 4 nitrogen and oxygen atoms in total. The summed E-state index contributed by atoms with van der Waals surface area (Å²) in [7, 11) is 0. The van der Waals surface area contributed by atoms with Crippen LogP contribution in [0.3, 0.4) is 0 Å². The van der Waals surface area contributed by atoms with Gasteiger partial charge in [0.05, 0.1) is 5.92 Å². The van der Waals surface area contributed by atoms with Gasteiger partial charge < -0.3 is 10.0 Å². The molecule has 1 amide bonds. The highest BCUT2D eigenvalue weighted by molar-refractivity contribution is 7.11. The topological polar surface area (TPSA) is 57.6 Å². The molecule has 0 radical (unpaired) electrons. The average molecular weight is 279 g/mol. The van der Waals surface area contributed by atoms with Gasteiger partial charge in [-0.3, -0.25) is 9.59 Å². The fourth-order valence-corrected chi connectivity index (χ4v) is 3.01. The maximum absolute atomic E-state index is 12.0. The summed E-state index contributed by atoms with van der Waals surface area (Å²) in [6, 6.07) is 2.01. The van der Waals surface area contributed by atoms with E-state index in [2.05, 4.69) is 0 Å². The minimum atomic E-state index is -0.810. The van der Waals surface area contributed by atoms with Crippen LogP contribution in [0.4, 0.5) is 0 Å². The molecule has 2 rings (SSSR count). The molecule has 0 bridgehead atoms. The normalized spacial score (nSPS) is 19.8. The molecule has 0 unspecified atom stereocenters. The van der Waals surface area contributed by atoms with Crippen molar-refractivity contribution in [3.05, 3.63) is 28.0 Å². The molecule has 1 aliphatic rings. The van der Waals surface area contributed by atoms with E-state index in [0.717, 1.165) is 16.9 Å². The molecular formula is C14H17NO3S. The first-order chi connectivity index (χ1) is 9.08. The van der Waals surface area contributed by atoms with Gasteiger partial charge in [0.1, 0.15) is 0 Å². The molecule has 19 heavy (non-hydrogen) atoms. The lowest BCUT2D eigenvalue weighted by molar-refractivity contribution is -0.144. The van der Waals surface area contributed by atoms with Crippen LogP contribution in [-0.2, 0) is 9.59 Å². The molecule has 0 aromatic carbocycles. The standard InChI is InChI=1S/C14H17NO3S/c1-10-6-8-19-12(10)4-5-13(16)15-7-2-3-11(9-15)14(17)18/h4-6,8,11H,2-3,7,9H2,1H3,(H,17,18)/b5-4+/t11-/m0/s1. The zero-order valence-corrected chi connectivity index (χ0v) is 11.7. The van der Waals surface area contributed by atoms with Crippen molar-refractivity contribution < 1.29 is 14.7 Å². The Morgan fingerprint density at radius 2 is 2.32 bits per heavy atom. The van der Waals surface area contributed by atoms with Crippen molar-refractivity contribution in [2.75, 3.05) is 13.1 Å². The molecule has 5 heteroatoms. The lowest BCUT2D eigenvalue weighted by Gasteiger charge is -2.29. The van der Waals surface area contributed by atoms with Crippen LogP contribution in [0.2, 0.25) is 0 Å². The molecule has 1 aromatic heterocycles. The average Bonchev–Trinajstić information content (AvgIpc) is 2.81. The first-order valence-corrected chi connectivity index (χ1v) is 7.20. The Labute approximate surface area is 116 Å². The van der Waals surface area contributed by atoms with Crippen LogP contribution in [0.1, 0.15) is 23.3 Å². The number of hydrogen-bond donors (Lipinski definition) is 1. The number of carboxylic acid groups (broad SMARTS) is 1. The zero-order chi connectivity index (χ0) is 13.8. The minimum Gasteiger partial charge on any atom is -0.481 e. The third kappa shape index (κ3) is 3.44. The van der Waals surface area contributed by atoms with E-state index in [9.17, 15) is 9.59 Å². The summed E-state index contributed by atoms with van der Waals surface area (Å²) in [6.45, 7) is 2.97. The third-order valence-electron chi connectivity index (χ3n) is 3.36. The highest BCUT2D eigenvalue weighted by atomic mass is 32.1. The van der Waals surface area contributed by atoms with Crippen LogP contribution in [0.5, 0.6) is 0 Å². The van der Waals surface area contributed by atoms with Crippen LogP contribution in [0, 0.1) is 12.8 Å². The highest BCUT2D eigenvalue weighted by Gasteiger charge is 2.27. The fraction of sp³-hybridized carbons (Fsp3) is 0.429. The second kappa shape index (κ2) is 6.02. The molecule has 1 N–H and O–H groups in total. The monoisotopic (exact) mass is 279 g/mol. The number of hydrogen-bond acceptors (Lipinski definition) is 3. The van der Waals surface area contributed by atoms with Gasteiger partial charge >= 0.3 is 5.97 Å². The van der Waals surface area contributed by atoms with E-state index in [-0.39, 0.29) is 5.91 Å². The lowest BCUT2D eigenvalue weighted by Crippen LogP contribution is -2.41. The number of carbonyl (C=O) groups is 2. The number of aryl methyl sites for hydroxylation is 1. The maximum atomic E-state index is 12.0. The number of carbonyl (C=O) groups excluding carboxylic acids is 1. The number of amides is 1. The number of nitrogens with zero attached hydrogens (tertiary/aromatic N) is 1. The minimum absolute atomic E-state index is 0.0984. The smallest absolute Gasteiger partial charge is 0.308 e. The summed E-state index contributed by atoms with van der Waals surface area (Å²) >= 11 is 1.59. The van der Waals surface area contributed by atoms with E-state index in [1.165, 1.54) is 0 Å². The Balaban J connectivity index is 1.98. The highest BCUT2D eigenvalue weighted by Crippen LogP contribution is 2.19. The van der Waals surface area contributed by atoms with E-state index in [0.29, 0.717) is 19.5 Å².